The highest BCUT2D eigenvalue weighted by atomic mass is 16.6. The minimum Gasteiger partial charge on any atom is -0.468 e. The summed E-state index contributed by atoms with van der Waals surface area (Å²) in [4.78, 5) is 67.8. The van der Waals surface area contributed by atoms with Gasteiger partial charge >= 0.3 is 18.2 Å². The van der Waals surface area contributed by atoms with Gasteiger partial charge in [0.25, 0.3) is 0 Å². The number of piperidine rings is 1. The van der Waals surface area contributed by atoms with E-state index < -0.39 is 64.8 Å². The molecule has 2 aliphatic rings. The van der Waals surface area contributed by atoms with Gasteiger partial charge in [-0.3, -0.25) is 14.4 Å². The summed E-state index contributed by atoms with van der Waals surface area (Å²) in [6.45, 7) is 17.6. The lowest BCUT2D eigenvalue weighted by Gasteiger charge is -2.50. The molecule has 3 rings (SSSR count). The zero-order chi connectivity index (χ0) is 41.8. The number of ether oxygens (including phenoxy) is 3. The Labute approximate surface area is 333 Å². The number of amides is 4. The first kappa shape index (κ1) is 46.2. The molecule has 0 aliphatic carbocycles. The zero-order valence-electron chi connectivity index (χ0n) is 35.2. The number of methoxy groups -OCH3 is 1. The molecule has 0 bridgehead atoms. The van der Waals surface area contributed by atoms with E-state index in [0.717, 1.165) is 5.56 Å². The van der Waals surface area contributed by atoms with Crippen molar-refractivity contribution in [3.8, 4) is 0 Å². The number of hydrogen-bond donors (Lipinski definition) is 4. The van der Waals surface area contributed by atoms with Crippen molar-refractivity contribution < 1.29 is 43.4 Å². The predicted octanol–water partition coefficient (Wildman–Crippen LogP) is 6.11. The average molecular weight is 786 g/mol. The monoisotopic (exact) mass is 785 g/mol. The first-order valence-corrected chi connectivity index (χ1v) is 20.0. The Balaban J connectivity index is 1.67. The van der Waals surface area contributed by atoms with E-state index in [9.17, 15) is 29.2 Å². The van der Waals surface area contributed by atoms with Crippen LogP contribution in [0, 0.1) is 17.8 Å². The van der Waals surface area contributed by atoms with Crippen LogP contribution in [0.25, 0.3) is 0 Å². The van der Waals surface area contributed by atoms with E-state index in [1.165, 1.54) is 12.2 Å². The fraction of sp³-hybridized carbons (Fsp3) is 0.690. The predicted molar refractivity (Wildman–Crippen MR) is 212 cm³/mol. The Hall–Kier alpha value is -4.17. The molecule has 0 radical (unpaired) electrons. The molecule has 2 aliphatic heterocycles. The standard InChI is InChI=1S/C42H67N5O9/c1-28(2)24-31(44-39(52)56-40(3,4)5)21-20-30(25-29-16-12-11-13-17-29)36(49)46-23-15-19-34(46)45-35(48)33(37(50)54-10)18-14-22-43-38(51)55-32-26-41(6,7)47(53)42(8,9)27-32/h11-13,16-17,20-21,28,30-34,53H,14-15,18-19,22-27H2,1-10H3,(H,43,51)(H,44,52)(H,45,48)/b21-20+/t30-,31-,33+,34+/m1/s1. The van der Waals surface area contributed by atoms with Gasteiger partial charge in [-0.05, 0) is 98.5 Å². The van der Waals surface area contributed by atoms with Crippen LogP contribution in [0.4, 0.5) is 9.59 Å². The molecule has 2 saturated heterocycles. The summed E-state index contributed by atoms with van der Waals surface area (Å²) < 4.78 is 16.1. The van der Waals surface area contributed by atoms with Gasteiger partial charge in [0.05, 0.1) is 19.1 Å². The van der Waals surface area contributed by atoms with E-state index >= 15 is 0 Å². The molecule has 1 aromatic carbocycles. The Morgan fingerprint density at radius 2 is 1.62 bits per heavy atom. The van der Waals surface area contributed by atoms with Gasteiger partial charge in [0.15, 0.2) is 0 Å². The van der Waals surface area contributed by atoms with Gasteiger partial charge in [-0.2, -0.15) is 5.06 Å². The van der Waals surface area contributed by atoms with Crippen molar-refractivity contribution in [3.05, 3.63) is 48.0 Å². The van der Waals surface area contributed by atoms with E-state index in [0.29, 0.717) is 51.5 Å². The van der Waals surface area contributed by atoms with Crippen molar-refractivity contribution in [3.63, 3.8) is 0 Å². The van der Waals surface area contributed by atoms with Gasteiger partial charge < -0.3 is 40.3 Å². The van der Waals surface area contributed by atoms with Crippen LogP contribution in [0.1, 0.15) is 113 Å². The van der Waals surface area contributed by atoms with E-state index in [4.69, 9.17) is 14.2 Å². The number of alkyl carbamates (subject to hydrolysis) is 2. The third-order valence-electron chi connectivity index (χ3n) is 10.1. The van der Waals surface area contributed by atoms with Gasteiger partial charge in [0.2, 0.25) is 11.8 Å². The molecular formula is C42H67N5O9. The molecule has 0 spiro atoms. The third kappa shape index (κ3) is 14.4. The number of likely N-dealkylation sites (tertiary alicyclic amines) is 1. The quantitative estimate of drug-likeness (QED) is 0.0503. The summed E-state index contributed by atoms with van der Waals surface area (Å²) in [7, 11) is 1.22. The summed E-state index contributed by atoms with van der Waals surface area (Å²) in [6.07, 6.45) is 5.04. The normalized spacial score (nSPS) is 20.2. The number of esters is 1. The molecule has 0 saturated carbocycles. The molecule has 56 heavy (non-hydrogen) atoms. The average Bonchev–Trinajstić information content (AvgIpc) is 3.55. The van der Waals surface area contributed by atoms with Crippen molar-refractivity contribution in [2.75, 3.05) is 20.2 Å². The van der Waals surface area contributed by atoms with Crippen molar-refractivity contribution in [1.29, 1.82) is 0 Å². The lowest BCUT2D eigenvalue weighted by Crippen LogP contribution is -2.60. The minimum atomic E-state index is -1.15. The second-order valence-corrected chi connectivity index (χ2v) is 17.8. The van der Waals surface area contributed by atoms with Crippen LogP contribution < -0.4 is 16.0 Å². The lowest BCUT2D eigenvalue weighted by atomic mass is 9.80. The van der Waals surface area contributed by atoms with Crippen LogP contribution in [0.3, 0.4) is 0 Å². The summed E-state index contributed by atoms with van der Waals surface area (Å²) in [6, 6.07) is 9.28. The molecule has 4 atom stereocenters. The highest BCUT2D eigenvalue weighted by Gasteiger charge is 2.46. The smallest absolute Gasteiger partial charge is 0.408 e. The maximum atomic E-state index is 14.3. The van der Waals surface area contributed by atoms with E-state index in [1.807, 2.05) is 70.2 Å². The molecule has 14 heteroatoms. The van der Waals surface area contributed by atoms with Crippen molar-refractivity contribution in [2.24, 2.45) is 17.8 Å². The number of nitrogens with zero attached hydrogens (tertiary/aromatic N) is 2. The highest BCUT2D eigenvalue weighted by molar-refractivity contribution is 5.98. The van der Waals surface area contributed by atoms with Gasteiger partial charge in [0.1, 0.15) is 23.8 Å². The molecule has 0 unspecified atom stereocenters. The summed E-state index contributed by atoms with van der Waals surface area (Å²) in [5.74, 6) is -2.94. The molecule has 14 nitrogen and oxygen atoms in total. The van der Waals surface area contributed by atoms with Crippen LogP contribution in [-0.4, -0.2) is 100 Å². The second kappa shape index (κ2) is 20.3. The number of hydroxylamine groups is 2. The molecule has 2 heterocycles. The molecule has 4 amide bonds. The van der Waals surface area contributed by atoms with Gasteiger partial charge in [-0.15, -0.1) is 0 Å². The third-order valence-corrected chi connectivity index (χ3v) is 10.1. The van der Waals surface area contributed by atoms with E-state index in [-0.39, 0.29) is 30.8 Å². The summed E-state index contributed by atoms with van der Waals surface area (Å²) >= 11 is 0. The van der Waals surface area contributed by atoms with Crippen LogP contribution >= 0.6 is 0 Å². The molecule has 4 N–H and O–H groups in total. The fourth-order valence-electron chi connectivity index (χ4n) is 7.63. The van der Waals surface area contributed by atoms with Crippen LogP contribution in [0.15, 0.2) is 42.5 Å². The number of hydrogen-bond acceptors (Lipinski definition) is 10. The molecule has 1 aromatic rings. The number of carbonyl (C=O) groups is 5. The van der Waals surface area contributed by atoms with Crippen molar-refractivity contribution in [2.45, 2.75) is 149 Å². The Morgan fingerprint density at radius 3 is 2.21 bits per heavy atom. The molecular weight excluding hydrogens is 718 g/mol. The number of benzene rings is 1. The maximum absolute atomic E-state index is 14.3. The zero-order valence-corrected chi connectivity index (χ0v) is 35.2. The topological polar surface area (TPSA) is 176 Å². The fourth-order valence-corrected chi connectivity index (χ4v) is 7.63. The first-order valence-electron chi connectivity index (χ1n) is 20.0. The summed E-state index contributed by atoms with van der Waals surface area (Å²) in [5, 5.41) is 20.4. The summed E-state index contributed by atoms with van der Waals surface area (Å²) in [5.41, 5.74) is -0.861. The Bertz CT molecular complexity index is 1490. The van der Waals surface area contributed by atoms with Crippen LogP contribution in [0.5, 0.6) is 0 Å². The Morgan fingerprint density at radius 1 is 0.982 bits per heavy atom. The first-order chi connectivity index (χ1) is 26.1. The largest absolute Gasteiger partial charge is 0.468 e. The van der Waals surface area contributed by atoms with Crippen LogP contribution in [-0.2, 0) is 35.0 Å². The highest BCUT2D eigenvalue weighted by Crippen LogP contribution is 2.38. The number of rotatable bonds is 16. The lowest BCUT2D eigenvalue weighted by molar-refractivity contribution is -0.256. The number of nitrogens with one attached hydrogen (secondary N) is 3. The second-order valence-electron chi connectivity index (χ2n) is 17.8. The SMILES string of the molecule is COC(=O)[C@@H](CCCNC(=O)OC1CC(C)(C)N(O)C(C)(C)C1)C(=O)N[C@@H]1CCCN1C(=O)[C@H](/C=C/[C@H](CC(C)C)NC(=O)OC(C)(C)C)Cc1ccccc1. The molecule has 2 fully saturated rings. The van der Waals surface area contributed by atoms with Crippen molar-refractivity contribution in [1.82, 2.24) is 25.9 Å². The van der Waals surface area contributed by atoms with Crippen molar-refractivity contribution >= 4 is 30.0 Å². The molecule has 0 aromatic heterocycles. The number of carbonyl (C=O) groups excluding carboxylic acids is 5. The minimum absolute atomic E-state index is 0.101. The van der Waals surface area contributed by atoms with Gasteiger partial charge in [-0.1, -0.05) is 56.3 Å². The van der Waals surface area contributed by atoms with E-state index in [2.05, 4.69) is 29.8 Å². The van der Waals surface area contributed by atoms with E-state index in [1.54, 1.807) is 25.7 Å². The van der Waals surface area contributed by atoms with Crippen LogP contribution in [0.2, 0.25) is 0 Å². The Kier molecular flexibility index (Phi) is 16.8. The maximum Gasteiger partial charge on any atom is 0.408 e. The van der Waals surface area contributed by atoms with Gasteiger partial charge in [0, 0.05) is 37.0 Å². The molecule has 314 valence electrons. The van der Waals surface area contributed by atoms with Gasteiger partial charge in [-0.25, -0.2) is 9.59 Å².